The predicted octanol–water partition coefficient (Wildman–Crippen LogP) is -0.551. The summed E-state index contributed by atoms with van der Waals surface area (Å²) in [5.74, 6) is -0.205. The summed E-state index contributed by atoms with van der Waals surface area (Å²) >= 11 is 0. The van der Waals surface area contributed by atoms with E-state index in [4.69, 9.17) is 0 Å². The molecule has 3 amide bonds. The van der Waals surface area contributed by atoms with Crippen molar-refractivity contribution in [1.29, 1.82) is 0 Å². The lowest BCUT2D eigenvalue weighted by Gasteiger charge is -2.32. The molecule has 1 N–H and O–H groups in total. The molecule has 1 rings (SSSR count). The molecule has 0 saturated carbocycles. The van der Waals surface area contributed by atoms with Crippen LogP contribution in [0, 0.1) is 5.92 Å². The molecular weight excluding hydrogens is 234 g/mol. The molecule has 1 fully saturated rings. The fraction of sp³-hybridized carbons (Fsp3) is 0.750. The Labute approximate surface area is 107 Å². The van der Waals surface area contributed by atoms with Gasteiger partial charge in [-0.2, -0.15) is 0 Å². The third-order valence-corrected chi connectivity index (χ3v) is 3.33. The van der Waals surface area contributed by atoms with Gasteiger partial charge in [0.1, 0.15) is 0 Å². The smallest absolute Gasteiger partial charge is 0.239 e. The SMILES string of the molecule is CNC(=O)CN(C)C(=O)C1CCN(C(C)=O)CC1. The fourth-order valence-electron chi connectivity index (χ4n) is 2.13. The topological polar surface area (TPSA) is 69.7 Å². The van der Waals surface area contributed by atoms with E-state index in [1.807, 2.05) is 0 Å². The molecule has 6 nitrogen and oxygen atoms in total. The van der Waals surface area contributed by atoms with Gasteiger partial charge >= 0.3 is 0 Å². The molecule has 1 aliphatic rings. The van der Waals surface area contributed by atoms with E-state index in [9.17, 15) is 14.4 Å². The van der Waals surface area contributed by atoms with Crippen molar-refractivity contribution in [2.45, 2.75) is 19.8 Å². The van der Waals surface area contributed by atoms with Gasteiger partial charge in [-0.1, -0.05) is 0 Å². The highest BCUT2D eigenvalue weighted by molar-refractivity contribution is 5.85. The van der Waals surface area contributed by atoms with Gasteiger partial charge < -0.3 is 15.1 Å². The number of hydrogen-bond acceptors (Lipinski definition) is 3. The predicted molar refractivity (Wildman–Crippen MR) is 66.7 cm³/mol. The van der Waals surface area contributed by atoms with Crippen LogP contribution in [0.4, 0.5) is 0 Å². The third kappa shape index (κ3) is 3.72. The molecule has 0 aromatic rings. The van der Waals surface area contributed by atoms with Crippen LogP contribution in [0.5, 0.6) is 0 Å². The molecular formula is C12H21N3O3. The van der Waals surface area contributed by atoms with Crippen molar-refractivity contribution in [2.75, 3.05) is 33.7 Å². The second-order valence-corrected chi connectivity index (χ2v) is 4.65. The highest BCUT2D eigenvalue weighted by Gasteiger charge is 2.28. The molecule has 0 aliphatic carbocycles. The molecule has 102 valence electrons. The van der Waals surface area contributed by atoms with Crippen molar-refractivity contribution in [2.24, 2.45) is 5.92 Å². The van der Waals surface area contributed by atoms with Gasteiger partial charge in [0.2, 0.25) is 17.7 Å². The number of nitrogens with one attached hydrogen (secondary N) is 1. The summed E-state index contributed by atoms with van der Waals surface area (Å²) in [5, 5.41) is 2.49. The van der Waals surface area contributed by atoms with Gasteiger partial charge in [0, 0.05) is 40.0 Å². The normalized spacial score (nSPS) is 16.3. The van der Waals surface area contributed by atoms with E-state index in [1.54, 1.807) is 25.9 Å². The van der Waals surface area contributed by atoms with Gasteiger partial charge in [-0.05, 0) is 12.8 Å². The first kappa shape index (κ1) is 14.5. The van der Waals surface area contributed by atoms with Crippen molar-refractivity contribution < 1.29 is 14.4 Å². The van der Waals surface area contributed by atoms with Gasteiger partial charge in [-0.25, -0.2) is 0 Å². The monoisotopic (exact) mass is 255 g/mol. The van der Waals surface area contributed by atoms with Crippen molar-refractivity contribution >= 4 is 17.7 Å². The Kier molecular flexibility index (Phi) is 5.12. The number of nitrogens with zero attached hydrogens (tertiary/aromatic N) is 2. The van der Waals surface area contributed by atoms with Crippen LogP contribution >= 0.6 is 0 Å². The van der Waals surface area contributed by atoms with E-state index in [0.29, 0.717) is 25.9 Å². The summed E-state index contributed by atoms with van der Waals surface area (Å²) in [6.45, 7) is 2.88. The Morgan fingerprint density at radius 3 is 2.28 bits per heavy atom. The number of carbonyl (C=O) groups excluding carboxylic acids is 3. The van der Waals surface area contributed by atoms with E-state index in [2.05, 4.69) is 5.32 Å². The zero-order chi connectivity index (χ0) is 13.7. The fourth-order valence-corrected chi connectivity index (χ4v) is 2.13. The highest BCUT2D eigenvalue weighted by Crippen LogP contribution is 2.19. The van der Waals surface area contributed by atoms with Crippen LogP contribution in [0.1, 0.15) is 19.8 Å². The summed E-state index contributed by atoms with van der Waals surface area (Å²) in [4.78, 5) is 37.6. The zero-order valence-electron chi connectivity index (χ0n) is 11.2. The second kappa shape index (κ2) is 6.37. The summed E-state index contributed by atoms with van der Waals surface area (Å²) in [6, 6.07) is 0. The molecule has 1 aliphatic heterocycles. The van der Waals surface area contributed by atoms with Crippen molar-refractivity contribution in [3.8, 4) is 0 Å². The number of amides is 3. The second-order valence-electron chi connectivity index (χ2n) is 4.65. The number of piperidine rings is 1. The van der Waals surface area contributed by atoms with E-state index in [1.165, 1.54) is 4.90 Å². The molecule has 1 saturated heterocycles. The first-order valence-corrected chi connectivity index (χ1v) is 6.16. The average molecular weight is 255 g/mol. The third-order valence-electron chi connectivity index (χ3n) is 3.33. The molecule has 0 spiro atoms. The van der Waals surface area contributed by atoms with Crippen LogP contribution in [-0.2, 0) is 14.4 Å². The van der Waals surface area contributed by atoms with Crippen LogP contribution < -0.4 is 5.32 Å². The van der Waals surface area contributed by atoms with Gasteiger partial charge in [-0.3, -0.25) is 14.4 Å². The van der Waals surface area contributed by atoms with E-state index in [0.717, 1.165) is 0 Å². The van der Waals surface area contributed by atoms with E-state index >= 15 is 0 Å². The highest BCUT2D eigenvalue weighted by atomic mass is 16.2. The van der Waals surface area contributed by atoms with Crippen LogP contribution in [0.2, 0.25) is 0 Å². The molecule has 0 atom stereocenters. The summed E-state index contributed by atoms with van der Waals surface area (Å²) in [7, 11) is 3.18. The summed E-state index contributed by atoms with van der Waals surface area (Å²) in [6.07, 6.45) is 1.35. The molecule has 0 unspecified atom stereocenters. The Hall–Kier alpha value is -1.59. The van der Waals surface area contributed by atoms with Gasteiger partial charge in [0.05, 0.1) is 6.54 Å². The molecule has 0 aromatic carbocycles. The minimum absolute atomic E-state index is 0.0122. The lowest BCUT2D eigenvalue weighted by molar-refractivity contribution is -0.141. The van der Waals surface area contributed by atoms with Crippen molar-refractivity contribution in [1.82, 2.24) is 15.1 Å². The molecule has 1 heterocycles. The number of likely N-dealkylation sites (N-methyl/N-ethyl adjacent to an activating group) is 2. The standard InChI is InChI=1S/C12H21N3O3/c1-9(16)15-6-4-10(5-7-15)12(18)14(3)8-11(17)13-2/h10H,4-8H2,1-3H3,(H,13,17). The summed E-state index contributed by atoms with van der Waals surface area (Å²) in [5.41, 5.74) is 0. The number of likely N-dealkylation sites (tertiary alicyclic amines) is 1. The lowest BCUT2D eigenvalue weighted by Crippen LogP contribution is -2.45. The van der Waals surface area contributed by atoms with Crippen LogP contribution in [-0.4, -0.2) is 61.3 Å². The molecule has 0 bridgehead atoms. The largest absolute Gasteiger partial charge is 0.358 e. The first-order chi connectivity index (χ1) is 8.45. The quantitative estimate of drug-likeness (QED) is 0.735. The molecule has 0 radical (unpaired) electrons. The Balaban J connectivity index is 2.44. The molecule has 0 aromatic heterocycles. The maximum Gasteiger partial charge on any atom is 0.239 e. The van der Waals surface area contributed by atoms with E-state index < -0.39 is 0 Å². The number of rotatable bonds is 3. The maximum atomic E-state index is 12.1. The van der Waals surface area contributed by atoms with Gasteiger partial charge in [0.15, 0.2) is 0 Å². The molecule has 6 heteroatoms. The molecule has 18 heavy (non-hydrogen) atoms. The Morgan fingerprint density at radius 1 is 1.28 bits per heavy atom. The lowest BCUT2D eigenvalue weighted by atomic mass is 9.95. The Morgan fingerprint density at radius 2 is 1.83 bits per heavy atom. The van der Waals surface area contributed by atoms with Crippen LogP contribution in [0.15, 0.2) is 0 Å². The van der Waals surface area contributed by atoms with Gasteiger partial charge in [0.25, 0.3) is 0 Å². The van der Waals surface area contributed by atoms with Crippen LogP contribution in [0.25, 0.3) is 0 Å². The minimum atomic E-state index is -0.174. The van der Waals surface area contributed by atoms with Crippen molar-refractivity contribution in [3.63, 3.8) is 0 Å². The Bertz CT molecular complexity index is 335. The van der Waals surface area contributed by atoms with Crippen LogP contribution in [0.3, 0.4) is 0 Å². The average Bonchev–Trinajstić information content (AvgIpc) is 2.37. The van der Waals surface area contributed by atoms with Crippen molar-refractivity contribution in [3.05, 3.63) is 0 Å². The number of carbonyl (C=O) groups is 3. The van der Waals surface area contributed by atoms with Gasteiger partial charge in [-0.15, -0.1) is 0 Å². The maximum absolute atomic E-state index is 12.1. The van der Waals surface area contributed by atoms with E-state index in [-0.39, 0.29) is 30.2 Å². The zero-order valence-corrected chi connectivity index (χ0v) is 11.2. The minimum Gasteiger partial charge on any atom is -0.358 e. The summed E-state index contributed by atoms with van der Waals surface area (Å²) < 4.78 is 0. The first-order valence-electron chi connectivity index (χ1n) is 6.16. The number of hydrogen-bond donors (Lipinski definition) is 1.